The minimum Gasteiger partial charge on any atom is -0.328 e. The van der Waals surface area contributed by atoms with E-state index in [1.54, 1.807) is 0 Å². The van der Waals surface area contributed by atoms with Gasteiger partial charge in [0.15, 0.2) is 0 Å². The van der Waals surface area contributed by atoms with Gasteiger partial charge in [-0.3, -0.25) is 4.55 Å². The molecule has 0 radical (unpaired) electrons. The van der Waals surface area contributed by atoms with Gasteiger partial charge in [-0.25, -0.2) is 0 Å². The summed E-state index contributed by atoms with van der Waals surface area (Å²) in [5.74, 6) is -0.127. The molecule has 0 amide bonds. The van der Waals surface area contributed by atoms with Crippen molar-refractivity contribution in [3.8, 4) is 0 Å². The van der Waals surface area contributed by atoms with Crippen molar-refractivity contribution in [2.75, 3.05) is 32.9 Å². The zero-order chi connectivity index (χ0) is 19.5. The summed E-state index contributed by atoms with van der Waals surface area (Å²) in [5.41, 5.74) is 2.84. The zero-order valence-corrected chi connectivity index (χ0v) is 17.7. The van der Waals surface area contributed by atoms with E-state index < -0.39 is 10.1 Å². The van der Waals surface area contributed by atoms with Gasteiger partial charge in [0.1, 0.15) is 0 Å². The van der Waals surface area contributed by atoms with Crippen molar-refractivity contribution < 1.29 is 17.5 Å². The molecule has 0 spiro atoms. The lowest BCUT2D eigenvalue weighted by Crippen LogP contribution is -2.41. The molecule has 0 aliphatic heterocycles. The van der Waals surface area contributed by atoms with Crippen LogP contribution in [0.15, 0.2) is 24.3 Å². The third-order valence-electron chi connectivity index (χ3n) is 4.99. The van der Waals surface area contributed by atoms with Crippen molar-refractivity contribution in [2.45, 2.75) is 64.7 Å². The van der Waals surface area contributed by atoms with Gasteiger partial charge < -0.3 is 4.48 Å². The van der Waals surface area contributed by atoms with Gasteiger partial charge in [0.05, 0.1) is 32.9 Å². The Balaban J connectivity index is 2.24. The van der Waals surface area contributed by atoms with Crippen LogP contribution in [0.4, 0.5) is 0 Å². The molecule has 1 N–H and O–H groups in total. The molecule has 0 bridgehead atoms. The smallest absolute Gasteiger partial charge is 0.264 e. The molecule has 26 heavy (non-hydrogen) atoms. The summed E-state index contributed by atoms with van der Waals surface area (Å²) < 4.78 is 31.2. The quantitative estimate of drug-likeness (QED) is 0.292. The van der Waals surface area contributed by atoms with E-state index in [2.05, 4.69) is 45.3 Å². The molecule has 0 fully saturated rings. The lowest BCUT2D eigenvalue weighted by molar-refractivity contribution is -0.890. The lowest BCUT2D eigenvalue weighted by atomic mass is 10.0. The second-order valence-corrected chi connectivity index (χ2v) is 9.68. The Labute approximate surface area is 161 Å². The van der Waals surface area contributed by atoms with Crippen molar-refractivity contribution in [2.24, 2.45) is 0 Å². The Morgan fingerprint density at radius 3 is 1.88 bits per heavy atom. The van der Waals surface area contributed by atoms with Crippen molar-refractivity contribution in [1.82, 2.24) is 0 Å². The van der Waals surface area contributed by atoms with E-state index in [4.69, 9.17) is 4.55 Å². The number of quaternary nitrogens is 1. The first-order chi connectivity index (χ1) is 12.2. The number of hydrogen-bond donors (Lipinski definition) is 1. The molecular formula is C21H38NO3S+. The average Bonchev–Trinajstić information content (AvgIpc) is 2.56. The van der Waals surface area contributed by atoms with E-state index in [1.807, 2.05) is 0 Å². The molecular weight excluding hydrogens is 346 g/mol. The fourth-order valence-electron chi connectivity index (χ4n) is 3.28. The van der Waals surface area contributed by atoms with Crippen LogP contribution in [-0.2, 0) is 23.0 Å². The molecule has 1 rings (SSSR count). The summed E-state index contributed by atoms with van der Waals surface area (Å²) >= 11 is 0. The fourth-order valence-corrected chi connectivity index (χ4v) is 3.84. The monoisotopic (exact) mass is 384 g/mol. The molecule has 0 unspecified atom stereocenters. The Hall–Kier alpha value is -0.910. The number of benzene rings is 1. The molecule has 0 aliphatic carbocycles. The summed E-state index contributed by atoms with van der Waals surface area (Å²) in [6.45, 7) is 4.26. The van der Waals surface area contributed by atoms with E-state index in [1.165, 1.54) is 43.2 Å². The normalized spacial score (nSPS) is 12.5. The lowest BCUT2D eigenvalue weighted by Gasteiger charge is -2.30. The highest BCUT2D eigenvalue weighted by atomic mass is 32.2. The van der Waals surface area contributed by atoms with E-state index in [-0.39, 0.29) is 5.75 Å². The van der Waals surface area contributed by atoms with Crippen molar-refractivity contribution in [3.63, 3.8) is 0 Å². The van der Waals surface area contributed by atoms with Gasteiger partial charge in [0.25, 0.3) is 10.1 Å². The van der Waals surface area contributed by atoms with Crippen molar-refractivity contribution in [3.05, 3.63) is 35.4 Å². The van der Waals surface area contributed by atoms with Crippen LogP contribution < -0.4 is 0 Å². The third kappa shape index (κ3) is 11.7. The molecule has 0 saturated carbocycles. The Morgan fingerprint density at radius 1 is 0.808 bits per heavy atom. The van der Waals surface area contributed by atoms with Crippen LogP contribution in [0.3, 0.4) is 0 Å². The summed E-state index contributed by atoms with van der Waals surface area (Å²) in [7, 11) is 0.560. The average molecular weight is 385 g/mol. The standard InChI is InChI=1S/C21H37NO3S/c1-4-5-6-7-11-20-13-15-21(16-14-20)12-10-18-22(2,3)17-8-9-19-26(23,24)25/h13-16H,4-12,17-19H2,1-3H3/p+1. The van der Waals surface area contributed by atoms with Gasteiger partial charge in [0, 0.05) is 6.42 Å². The summed E-state index contributed by atoms with van der Waals surface area (Å²) in [4.78, 5) is 0. The SMILES string of the molecule is CCCCCCc1ccc(CCC[N+](C)(C)CCCCS(=O)(=O)O)cc1. The van der Waals surface area contributed by atoms with Crippen LogP contribution in [0.5, 0.6) is 0 Å². The molecule has 1 aromatic carbocycles. The maximum Gasteiger partial charge on any atom is 0.264 e. The molecule has 0 aliphatic rings. The summed E-state index contributed by atoms with van der Waals surface area (Å²) in [6.07, 6.45) is 9.99. The number of nitrogens with zero attached hydrogens (tertiary/aromatic N) is 1. The molecule has 1 aromatic rings. The maximum absolute atomic E-state index is 10.7. The predicted molar refractivity (Wildman–Crippen MR) is 110 cm³/mol. The highest BCUT2D eigenvalue weighted by Crippen LogP contribution is 2.12. The number of hydrogen-bond acceptors (Lipinski definition) is 2. The van der Waals surface area contributed by atoms with E-state index in [9.17, 15) is 8.42 Å². The third-order valence-corrected chi connectivity index (χ3v) is 5.79. The Kier molecular flexibility index (Phi) is 10.4. The Bertz CT molecular complexity index is 594. The highest BCUT2D eigenvalue weighted by molar-refractivity contribution is 7.85. The number of aryl methyl sites for hydroxylation is 2. The number of unbranched alkanes of at least 4 members (excludes halogenated alkanes) is 4. The van der Waals surface area contributed by atoms with E-state index >= 15 is 0 Å². The van der Waals surface area contributed by atoms with Crippen LogP contribution >= 0.6 is 0 Å². The van der Waals surface area contributed by atoms with E-state index in [0.29, 0.717) is 6.42 Å². The molecule has 4 nitrogen and oxygen atoms in total. The summed E-state index contributed by atoms with van der Waals surface area (Å²) in [6, 6.07) is 9.08. The van der Waals surface area contributed by atoms with Crippen LogP contribution in [0, 0.1) is 0 Å². The second kappa shape index (κ2) is 11.7. The van der Waals surface area contributed by atoms with Crippen LogP contribution in [0.1, 0.15) is 63.0 Å². The maximum atomic E-state index is 10.7. The number of rotatable bonds is 14. The van der Waals surface area contributed by atoms with Gasteiger partial charge in [-0.15, -0.1) is 0 Å². The largest absolute Gasteiger partial charge is 0.328 e. The minimum atomic E-state index is -3.81. The molecule has 150 valence electrons. The first-order valence-electron chi connectivity index (χ1n) is 10.1. The van der Waals surface area contributed by atoms with Gasteiger partial charge >= 0.3 is 0 Å². The van der Waals surface area contributed by atoms with Gasteiger partial charge in [0.2, 0.25) is 0 Å². The molecule has 0 atom stereocenters. The van der Waals surface area contributed by atoms with Crippen LogP contribution in [0.2, 0.25) is 0 Å². The van der Waals surface area contributed by atoms with Gasteiger partial charge in [-0.2, -0.15) is 8.42 Å². The molecule has 0 heterocycles. The summed E-state index contributed by atoms with van der Waals surface area (Å²) in [5, 5.41) is 0. The van der Waals surface area contributed by atoms with Crippen LogP contribution in [-0.4, -0.2) is 50.4 Å². The van der Waals surface area contributed by atoms with Crippen molar-refractivity contribution in [1.29, 1.82) is 0 Å². The molecule has 0 saturated heterocycles. The van der Waals surface area contributed by atoms with Gasteiger partial charge in [-0.1, -0.05) is 50.5 Å². The van der Waals surface area contributed by atoms with E-state index in [0.717, 1.165) is 36.8 Å². The first kappa shape index (κ1) is 23.1. The highest BCUT2D eigenvalue weighted by Gasteiger charge is 2.15. The van der Waals surface area contributed by atoms with Crippen molar-refractivity contribution >= 4 is 10.1 Å². The zero-order valence-electron chi connectivity index (χ0n) is 16.9. The minimum absolute atomic E-state index is 0.127. The predicted octanol–water partition coefficient (Wildman–Crippen LogP) is 4.49. The second-order valence-electron chi connectivity index (χ2n) is 8.11. The molecule has 5 heteroatoms. The first-order valence-corrected chi connectivity index (χ1v) is 11.7. The molecule has 0 aromatic heterocycles. The van der Waals surface area contributed by atoms with Gasteiger partial charge in [-0.05, 0) is 43.2 Å². The Morgan fingerprint density at radius 2 is 1.35 bits per heavy atom. The fraction of sp³-hybridized carbons (Fsp3) is 0.714. The van der Waals surface area contributed by atoms with Crippen LogP contribution in [0.25, 0.3) is 0 Å². The topological polar surface area (TPSA) is 54.4 Å².